The number of benzene rings is 1. The number of rotatable bonds is 5. The Labute approximate surface area is 151 Å². The van der Waals surface area contributed by atoms with Crippen molar-refractivity contribution >= 4 is 29.9 Å². The molecule has 0 bridgehead atoms. The summed E-state index contributed by atoms with van der Waals surface area (Å²) in [4.78, 5) is 14.4. The molecule has 0 aromatic heterocycles. The van der Waals surface area contributed by atoms with Crippen molar-refractivity contribution < 1.29 is 4.79 Å². The van der Waals surface area contributed by atoms with Gasteiger partial charge in [-0.1, -0.05) is 44.0 Å². The second kappa shape index (κ2) is 9.51. The van der Waals surface area contributed by atoms with Crippen LogP contribution in [0.4, 0.5) is 0 Å². The van der Waals surface area contributed by atoms with Gasteiger partial charge in [-0.15, -0.1) is 12.4 Å². The Morgan fingerprint density at radius 3 is 2.39 bits per heavy atom. The third kappa shape index (κ3) is 5.66. The standard InChI is InChI=1S/C18H27ClN2O.ClH/c1-3-13(2)12-17(20)18(22)21-10-8-15(9-11-21)14-4-6-16(19)7-5-14;/h4-7,13,15,17H,3,8-12,20H2,1-2H3;1H. The number of nitrogens with zero attached hydrogens (tertiary/aromatic N) is 1. The molecule has 0 spiro atoms. The van der Waals surface area contributed by atoms with Crippen LogP contribution in [0.5, 0.6) is 0 Å². The zero-order chi connectivity index (χ0) is 16.1. The van der Waals surface area contributed by atoms with Crippen molar-refractivity contribution in [1.82, 2.24) is 4.90 Å². The third-order valence-electron chi connectivity index (χ3n) is 4.82. The highest BCUT2D eigenvalue weighted by molar-refractivity contribution is 6.30. The van der Waals surface area contributed by atoms with Crippen LogP contribution in [0.25, 0.3) is 0 Å². The molecule has 1 amide bonds. The van der Waals surface area contributed by atoms with Gasteiger partial charge < -0.3 is 10.6 Å². The predicted molar refractivity (Wildman–Crippen MR) is 99.3 cm³/mol. The van der Waals surface area contributed by atoms with Crippen molar-refractivity contribution in [3.05, 3.63) is 34.9 Å². The highest BCUT2D eigenvalue weighted by Crippen LogP contribution is 2.29. The van der Waals surface area contributed by atoms with E-state index in [1.54, 1.807) is 0 Å². The lowest BCUT2D eigenvalue weighted by molar-refractivity contribution is -0.134. The van der Waals surface area contributed by atoms with Gasteiger partial charge in [-0.2, -0.15) is 0 Å². The first-order valence-corrected chi connectivity index (χ1v) is 8.68. The Morgan fingerprint density at radius 1 is 1.30 bits per heavy atom. The summed E-state index contributed by atoms with van der Waals surface area (Å²) in [5.74, 6) is 1.15. The maximum Gasteiger partial charge on any atom is 0.239 e. The van der Waals surface area contributed by atoms with Gasteiger partial charge in [-0.25, -0.2) is 0 Å². The molecule has 2 N–H and O–H groups in total. The van der Waals surface area contributed by atoms with E-state index in [9.17, 15) is 4.79 Å². The molecule has 1 aliphatic heterocycles. The summed E-state index contributed by atoms with van der Waals surface area (Å²) in [5, 5.41) is 0.771. The first-order valence-electron chi connectivity index (χ1n) is 8.31. The summed E-state index contributed by atoms with van der Waals surface area (Å²) in [6.45, 7) is 5.90. The lowest BCUT2D eigenvalue weighted by Gasteiger charge is -2.34. The van der Waals surface area contributed by atoms with Crippen LogP contribution in [0.1, 0.15) is 51.0 Å². The van der Waals surface area contributed by atoms with Gasteiger partial charge in [0.15, 0.2) is 0 Å². The SMILES string of the molecule is CCC(C)CC(N)C(=O)N1CCC(c2ccc(Cl)cc2)CC1.Cl. The normalized spacial score (nSPS) is 18.2. The van der Waals surface area contributed by atoms with Gasteiger partial charge in [0.05, 0.1) is 6.04 Å². The van der Waals surface area contributed by atoms with Gasteiger partial charge in [0.25, 0.3) is 0 Å². The fraction of sp³-hybridized carbons (Fsp3) is 0.611. The van der Waals surface area contributed by atoms with Crippen molar-refractivity contribution in [2.24, 2.45) is 11.7 Å². The van der Waals surface area contributed by atoms with E-state index in [0.29, 0.717) is 11.8 Å². The van der Waals surface area contributed by atoms with Crippen molar-refractivity contribution in [3.8, 4) is 0 Å². The minimum atomic E-state index is -0.345. The van der Waals surface area contributed by atoms with E-state index in [1.807, 2.05) is 17.0 Å². The van der Waals surface area contributed by atoms with E-state index < -0.39 is 0 Å². The Kier molecular flexibility index (Phi) is 8.38. The number of piperidine rings is 1. The van der Waals surface area contributed by atoms with Gasteiger partial charge in [-0.05, 0) is 48.8 Å². The van der Waals surface area contributed by atoms with E-state index in [-0.39, 0.29) is 24.4 Å². The molecule has 3 nitrogen and oxygen atoms in total. The smallest absolute Gasteiger partial charge is 0.239 e. The van der Waals surface area contributed by atoms with Crippen LogP contribution in [0.15, 0.2) is 24.3 Å². The van der Waals surface area contributed by atoms with Crippen LogP contribution in [0.3, 0.4) is 0 Å². The number of hydrogen-bond acceptors (Lipinski definition) is 2. The van der Waals surface area contributed by atoms with Gasteiger partial charge >= 0.3 is 0 Å². The number of amides is 1. The molecule has 1 aliphatic rings. The van der Waals surface area contributed by atoms with Crippen molar-refractivity contribution in [2.45, 2.75) is 51.5 Å². The summed E-state index contributed by atoms with van der Waals surface area (Å²) in [6.07, 6.45) is 3.86. The fourth-order valence-corrected chi connectivity index (χ4v) is 3.23. The van der Waals surface area contributed by atoms with Crippen LogP contribution >= 0.6 is 24.0 Å². The largest absolute Gasteiger partial charge is 0.341 e. The molecule has 130 valence electrons. The third-order valence-corrected chi connectivity index (χ3v) is 5.07. The molecule has 5 heteroatoms. The molecular formula is C18H28Cl2N2O. The molecule has 0 radical (unpaired) electrons. The zero-order valence-corrected chi connectivity index (χ0v) is 15.6. The topological polar surface area (TPSA) is 46.3 Å². The molecule has 2 unspecified atom stereocenters. The van der Waals surface area contributed by atoms with E-state index in [1.165, 1.54) is 5.56 Å². The second-order valence-electron chi connectivity index (χ2n) is 6.51. The van der Waals surface area contributed by atoms with E-state index in [0.717, 1.165) is 43.8 Å². The molecule has 2 atom stereocenters. The molecule has 1 aromatic rings. The molecular weight excluding hydrogens is 331 g/mol. The van der Waals surface area contributed by atoms with Crippen molar-refractivity contribution in [1.29, 1.82) is 0 Å². The monoisotopic (exact) mass is 358 g/mol. The summed E-state index contributed by atoms with van der Waals surface area (Å²) in [5.41, 5.74) is 7.40. The summed E-state index contributed by atoms with van der Waals surface area (Å²) in [7, 11) is 0. The minimum Gasteiger partial charge on any atom is -0.341 e. The Bertz CT molecular complexity index is 484. The van der Waals surface area contributed by atoms with Crippen LogP contribution in [-0.4, -0.2) is 29.9 Å². The number of carbonyl (C=O) groups excluding carboxylic acids is 1. The van der Waals surface area contributed by atoms with Crippen molar-refractivity contribution in [2.75, 3.05) is 13.1 Å². The average molecular weight is 359 g/mol. The summed E-state index contributed by atoms with van der Waals surface area (Å²) < 4.78 is 0. The Hall–Kier alpha value is -0.770. The van der Waals surface area contributed by atoms with Crippen LogP contribution in [0.2, 0.25) is 5.02 Å². The lowest BCUT2D eigenvalue weighted by atomic mass is 9.89. The van der Waals surface area contributed by atoms with Gasteiger partial charge in [0, 0.05) is 18.1 Å². The van der Waals surface area contributed by atoms with Crippen LogP contribution in [-0.2, 0) is 4.79 Å². The highest BCUT2D eigenvalue weighted by atomic mass is 35.5. The van der Waals surface area contributed by atoms with Gasteiger partial charge in [0.2, 0.25) is 5.91 Å². The van der Waals surface area contributed by atoms with Crippen LogP contribution in [0, 0.1) is 5.92 Å². The highest BCUT2D eigenvalue weighted by Gasteiger charge is 2.27. The first-order chi connectivity index (χ1) is 10.5. The molecule has 23 heavy (non-hydrogen) atoms. The lowest BCUT2D eigenvalue weighted by Crippen LogP contribution is -2.47. The number of likely N-dealkylation sites (tertiary alicyclic amines) is 1. The number of halogens is 2. The first kappa shape index (κ1) is 20.3. The predicted octanol–water partition coefficient (Wildman–Crippen LogP) is 4.23. The quantitative estimate of drug-likeness (QED) is 0.855. The molecule has 2 rings (SSSR count). The molecule has 0 saturated carbocycles. The maximum absolute atomic E-state index is 12.4. The summed E-state index contributed by atoms with van der Waals surface area (Å²) in [6, 6.07) is 7.73. The zero-order valence-electron chi connectivity index (χ0n) is 14.0. The van der Waals surface area contributed by atoms with E-state index >= 15 is 0 Å². The molecule has 1 aromatic carbocycles. The Balaban J connectivity index is 0.00000264. The Morgan fingerprint density at radius 2 is 1.87 bits per heavy atom. The van der Waals surface area contributed by atoms with E-state index in [2.05, 4.69) is 26.0 Å². The second-order valence-corrected chi connectivity index (χ2v) is 6.94. The van der Waals surface area contributed by atoms with Gasteiger partial charge in [0.1, 0.15) is 0 Å². The number of nitrogens with two attached hydrogens (primary N) is 1. The fourth-order valence-electron chi connectivity index (χ4n) is 3.10. The molecule has 1 fully saturated rings. The van der Waals surface area contributed by atoms with Crippen LogP contribution < -0.4 is 5.73 Å². The number of carbonyl (C=O) groups is 1. The number of hydrogen-bond donors (Lipinski definition) is 1. The molecule has 0 aliphatic carbocycles. The minimum absolute atomic E-state index is 0. The molecule has 1 saturated heterocycles. The average Bonchev–Trinajstić information content (AvgIpc) is 2.55. The summed E-state index contributed by atoms with van der Waals surface area (Å²) >= 11 is 5.94. The van der Waals surface area contributed by atoms with Gasteiger partial charge in [-0.3, -0.25) is 4.79 Å². The van der Waals surface area contributed by atoms with E-state index in [4.69, 9.17) is 17.3 Å². The maximum atomic E-state index is 12.4. The van der Waals surface area contributed by atoms with Crippen molar-refractivity contribution in [3.63, 3.8) is 0 Å². The molecule has 1 heterocycles.